The summed E-state index contributed by atoms with van der Waals surface area (Å²) in [5.74, 6) is 2.46. The maximum atomic E-state index is 11.7. The van der Waals surface area contributed by atoms with Crippen molar-refractivity contribution in [1.82, 2.24) is 9.62 Å². The van der Waals surface area contributed by atoms with Crippen molar-refractivity contribution in [3.05, 3.63) is 0 Å². The van der Waals surface area contributed by atoms with Gasteiger partial charge in [-0.15, -0.1) is 0 Å². The van der Waals surface area contributed by atoms with Crippen LogP contribution in [-0.2, 0) is 10.0 Å². The Labute approximate surface area is 131 Å². The van der Waals surface area contributed by atoms with Gasteiger partial charge in [0.1, 0.15) is 0 Å². The van der Waals surface area contributed by atoms with Crippen LogP contribution in [-0.4, -0.2) is 45.2 Å². The number of sulfonamides is 1. The zero-order valence-corrected chi connectivity index (χ0v) is 15.2. The van der Waals surface area contributed by atoms with Gasteiger partial charge in [0, 0.05) is 13.1 Å². The molecule has 0 aliphatic carbocycles. The Morgan fingerprint density at radius 3 is 2.38 bits per heavy atom. The summed E-state index contributed by atoms with van der Waals surface area (Å²) >= 11 is 0. The quantitative estimate of drug-likeness (QED) is 0.748. The fourth-order valence-corrected chi connectivity index (χ4v) is 4.04. The van der Waals surface area contributed by atoms with E-state index in [9.17, 15) is 8.42 Å². The fraction of sp³-hybridized carbons (Fsp3) is 1.00. The lowest BCUT2D eigenvalue weighted by Crippen LogP contribution is -2.41. The van der Waals surface area contributed by atoms with Crippen molar-refractivity contribution in [2.75, 3.05) is 32.4 Å². The zero-order valence-electron chi connectivity index (χ0n) is 14.4. The average molecular weight is 319 g/mol. The van der Waals surface area contributed by atoms with E-state index in [1.165, 1.54) is 12.7 Å². The fourth-order valence-electron chi connectivity index (χ4n) is 3.10. The number of piperidine rings is 1. The van der Waals surface area contributed by atoms with E-state index in [0.717, 1.165) is 25.9 Å². The number of rotatable bonds is 8. The first kappa shape index (κ1) is 18.9. The highest BCUT2D eigenvalue weighted by molar-refractivity contribution is 7.88. The van der Waals surface area contributed by atoms with E-state index < -0.39 is 10.0 Å². The molecule has 1 rings (SSSR count). The summed E-state index contributed by atoms with van der Waals surface area (Å²) < 4.78 is 25.1. The molecule has 0 saturated carbocycles. The van der Waals surface area contributed by atoms with Crippen LogP contribution < -0.4 is 5.32 Å². The third-order valence-corrected chi connectivity index (χ3v) is 5.76. The molecule has 0 aromatic heterocycles. The first-order valence-electron chi connectivity index (χ1n) is 8.36. The van der Waals surface area contributed by atoms with Gasteiger partial charge >= 0.3 is 0 Å². The van der Waals surface area contributed by atoms with Crippen LogP contribution in [0.15, 0.2) is 0 Å². The molecule has 21 heavy (non-hydrogen) atoms. The van der Waals surface area contributed by atoms with E-state index in [1.807, 2.05) is 0 Å². The van der Waals surface area contributed by atoms with E-state index in [2.05, 4.69) is 33.0 Å². The minimum absolute atomic E-state index is 0.515. The third-order valence-electron chi connectivity index (χ3n) is 4.49. The van der Waals surface area contributed by atoms with E-state index >= 15 is 0 Å². The van der Waals surface area contributed by atoms with Gasteiger partial charge in [0.2, 0.25) is 10.0 Å². The summed E-state index contributed by atoms with van der Waals surface area (Å²) in [6.07, 6.45) is 4.63. The van der Waals surface area contributed by atoms with E-state index in [4.69, 9.17) is 0 Å². The molecule has 1 aliphatic heterocycles. The Morgan fingerprint density at radius 2 is 1.86 bits per heavy atom. The van der Waals surface area contributed by atoms with Crippen LogP contribution in [0, 0.1) is 23.7 Å². The molecule has 0 bridgehead atoms. The lowest BCUT2D eigenvalue weighted by molar-refractivity contribution is 0.205. The third kappa shape index (κ3) is 7.11. The summed E-state index contributed by atoms with van der Waals surface area (Å²) in [5.41, 5.74) is 0. The minimum atomic E-state index is -3.03. The van der Waals surface area contributed by atoms with Gasteiger partial charge in [-0.1, -0.05) is 27.7 Å². The molecule has 0 aromatic rings. The molecule has 1 heterocycles. The molecule has 2 unspecified atom stereocenters. The van der Waals surface area contributed by atoms with Gasteiger partial charge in [0.25, 0.3) is 0 Å². The Kier molecular flexibility index (Phi) is 7.65. The summed E-state index contributed by atoms with van der Waals surface area (Å²) in [6, 6.07) is 0. The lowest BCUT2D eigenvalue weighted by Gasteiger charge is -2.34. The first-order valence-corrected chi connectivity index (χ1v) is 10.2. The van der Waals surface area contributed by atoms with Crippen LogP contribution in [0.4, 0.5) is 0 Å². The van der Waals surface area contributed by atoms with Gasteiger partial charge in [0.15, 0.2) is 0 Å². The highest BCUT2D eigenvalue weighted by atomic mass is 32.2. The number of hydrogen-bond donors (Lipinski definition) is 1. The zero-order chi connectivity index (χ0) is 16.0. The number of nitrogens with zero attached hydrogens (tertiary/aromatic N) is 1. The lowest BCUT2D eigenvalue weighted by atomic mass is 9.83. The van der Waals surface area contributed by atoms with Gasteiger partial charge in [0.05, 0.1) is 6.26 Å². The SMILES string of the molecule is CC(C)CNCC(CC1CCCN(S(C)(=O)=O)C1)C(C)C. The smallest absolute Gasteiger partial charge is 0.211 e. The molecule has 1 aliphatic rings. The Bertz CT molecular complexity index is 393. The monoisotopic (exact) mass is 318 g/mol. The highest BCUT2D eigenvalue weighted by Crippen LogP contribution is 2.27. The molecular weight excluding hydrogens is 284 g/mol. The maximum absolute atomic E-state index is 11.7. The van der Waals surface area contributed by atoms with Gasteiger partial charge in [-0.3, -0.25) is 0 Å². The topological polar surface area (TPSA) is 49.4 Å². The molecule has 1 N–H and O–H groups in total. The van der Waals surface area contributed by atoms with Crippen molar-refractivity contribution in [1.29, 1.82) is 0 Å². The van der Waals surface area contributed by atoms with Crippen LogP contribution in [0.1, 0.15) is 47.0 Å². The predicted molar refractivity (Wildman–Crippen MR) is 89.8 cm³/mol. The second-order valence-corrected chi connectivity index (χ2v) is 9.40. The summed E-state index contributed by atoms with van der Waals surface area (Å²) in [6.45, 7) is 12.5. The minimum Gasteiger partial charge on any atom is -0.316 e. The summed E-state index contributed by atoms with van der Waals surface area (Å²) in [5, 5.41) is 3.57. The Balaban J connectivity index is 2.50. The molecule has 0 amide bonds. The van der Waals surface area contributed by atoms with E-state index in [-0.39, 0.29) is 0 Å². The van der Waals surface area contributed by atoms with Crippen molar-refractivity contribution >= 4 is 10.0 Å². The highest BCUT2D eigenvalue weighted by Gasteiger charge is 2.28. The second kappa shape index (κ2) is 8.49. The molecule has 0 aromatic carbocycles. The Morgan fingerprint density at radius 1 is 1.19 bits per heavy atom. The van der Waals surface area contributed by atoms with Crippen molar-refractivity contribution in [3.63, 3.8) is 0 Å². The van der Waals surface area contributed by atoms with Crippen molar-refractivity contribution < 1.29 is 8.42 Å². The molecule has 1 fully saturated rings. The van der Waals surface area contributed by atoms with Crippen LogP contribution >= 0.6 is 0 Å². The predicted octanol–water partition coefficient (Wildman–Crippen LogP) is 2.57. The number of nitrogens with one attached hydrogen (secondary N) is 1. The van der Waals surface area contributed by atoms with Gasteiger partial charge in [-0.2, -0.15) is 0 Å². The molecule has 5 heteroatoms. The Hall–Kier alpha value is -0.130. The molecule has 4 nitrogen and oxygen atoms in total. The molecule has 0 spiro atoms. The maximum Gasteiger partial charge on any atom is 0.211 e. The normalized spacial score (nSPS) is 22.9. The summed E-state index contributed by atoms with van der Waals surface area (Å²) in [4.78, 5) is 0. The van der Waals surface area contributed by atoms with Crippen LogP contribution in [0.2, 0.25) is 0 Å². The molecule has 2 atom stereocenters. The van der Waals surface area contributed by atoms with Gasteiger partial charge in [-0.25, -0.2) is 12.7 Å². The van der Waals surface area contributed by atoms with Crippen molar-refractivity contribution in [2.45, 2.75) is 47.0 Å². The van der Waals surface area contributed by atoms with Gasteiger partial charge < -0.3 is 5.32 Å². The van der Waals surface area contributed by atoms with Crippen molar-refractivity contribution in [3.8, 4) is 0 Å². The molecule has 0 radical (unpaired) electrons. The van der Waals surface area contributed by atoms with E-state index in [0.29, 0.717) is 36.8 Å². The summed E-state index contributed by atoms with van der Waals surface area (Å²) in [7, 11) is -3.03. The van der Waals surface area contributed by atoms with E-state index in [1.54, 1.807) is 4.31 Å². The van der Waals surface area contributed by atoms with Crippen LogP contribution in [0.3, 0.4) is 0 Å². The molecular formula is C16H34N2O2S. The van der Waals surface area contributed by atoms with Crippen molar-refractivity contribution in [2.24, 2.45) is 23.7 Å². The van der Waals surface area contributed by atoms with Crippen LogP contribution in [0.25, 0.3) is 0 Å². The molecule has 126 valence electrons. The van der Waals surface area contributed by atoms with Gasteiger partial charge in [-0.05, 0) is 56.0 Å². The number of hydrogen-bond acceptors (Lipinski definition) is 3. The standard InChI is InChI=1S/C16H34N2O2S/c1-13(2)10-17-11-16(14(3)4)9-15-7-6-8-18(12-15)21(5,19)20/h13-17H,6-12H2,1-5H3. The largest absolute Gasteiger partial charge is 0.316 e. The molecule has 1 saturated heterocycles. The first-order chi connectivity index (χ1) is 9.70. The second-order valence-electron chi connectivity index (χ2n) is 7.42. The van der Waals surface area contributed by atoms with Crippen LogP contribution in [0.5, 0.6) is 0 Å². The average Bonchev–Trinajstić information content (AvgIpc) is 2.36.